The van der Waals surface area contributed by atoms with Crippen LogP contribution in [0.1, 0.15) is 36.7 Å². The molecule has 0 amide bonds. The number of unbranched alkanes of at least 4 members (excludes halogenated alkanes) is 1. The Labute approximate surface area is 216 Å². The van der Waals surface area contributed by atoms with E-state index in [4.69, 9.17) is 32.9 Å². The van der Waals surface area contributed by atoms with Gasteiger partial charge in [0.2, 0.25) is 0 Å². The number of aryl methyl sites for hydroxylation is 1. The van der Waals surface area contributed by atoms with Crippen LogP contribution >= 0.6 is 39.1 Å². The third-order valence-electron chi connectivity index (χ3n) is 5.22. The van der Waals surface area contributed by atoms with Gasteiger partial charge in [-0.05, 0) is 60.5 Å². The molecular weight excluding hydrogens is 537 g/mol. The molecule has 0 saturated heterocycles. The van der Waals surface area contributed by atoms with Gasteiger partial charge in [-0.2, -0.15) is 9.78 Å². The van der Waals surface area contributed by atoms with Crippen LogP contribution < -0.4 is 10.3 Å². The molecule has 0 fully saturated rings. The Kier molecular flexibility index (Phi) is 8.03. The number of fused-ring (bicyclic) bond motifs is 1. The molecule has 0 unspecified atom stereocenters. The summed E-state index contributed by atoms with van der Waals surface area (Å²) in [6.45, 7) is 2.45. The minimum absolute atomic E-state index is 0.223. The molecular formula is C26H22BrCl2N3O2. The molecule has 8 heteroatoms. The average Bonchev–Trinajstić information content (AvgIpc) is 2.83. The summed E-state index contributed by atoms with van der Waals surface area (Å²) in [6, 6.07) is 18.2. The van der Waals surface area contributed by atoms with Gasteiger partial charge in [0.05, 0.1) is 17.1 Å². The van der Waals surface area contributed by atoms with E-state index in [0.29, 0.717) is 51.1 Å². The van der Waals surface area contributed by atoms with E-state index in [1.165, 1.54) is 4.68 Å². The molecule has 34 heavy (non-hydrogen) atoms. The van der Waals surface area contributed by atoms with Crippen molar-refractivity contribution in [1.82, 2.24) is 9.66 Å². The molecule has 0 spiro atoms. The van der Waals surface area contributed by atoms with Crippen LogP contribution in [0.5, 0.6) is 5.75 Å². The predicted octanol–water partition coefficient (Wildman–Crippen LogP) is 7.27. The number of benzene rings is 3. The molecule has 0 aliphatic carbocycles. The van der Waals surface area contributed by atoms with E-state index in [2.05, 4.69) is 28.0 Å². The Hall–Kier alpha value is -2.67. The number of halogens is 3. The van der Waals surface area contributed by atoms with Crippen LogP contribution in [0.3, 0.4) is 0 Å². The van der Waals surface area contributed by atoms with Crippen molar-refractivity contribution in [1.29, 1.82) is 0 Å². The fraction of sp³-hybridized carbons (Fsp3) is 0.192. The third-order valence-corrected chi connectivity index (χ3v) is 6.20. The number of nitrogens with zero attached hydrogens (tertiary/aromatic N) is 3. The lowest BCUT2D eigenvalue weighted by Crippen LogP contribution is -2.22. The van der Waals surface area contributed by atoms with Crippen LogP contribution in [0.25, 0.3) is 10.9 Å². The van der Waals surface area contributed by atoms with E-state index in [-0.39, 0.29) is 5.56 Å². The molecule has 4 rings (SSSR count). The van der Waals surface area contributed by atoms with Gasteiger partial charge in [-0.1, -0.05) is 64.6 Å². The zero-order valence-electron chi connectivity index (χ0n) is 18.5. The maximum atomic E-state index is 13.3. The highest BCUT2D eigenvalue weighted by molar-refractivity contribution is 9.10. The first-order valence-electron chi connectivity index (χ1n) is 10.9. The molecule has 0 saturated carbocycles. The SMILES string of the molecule is CCCCc1nc2ccc(Br)cc2c(=O)n1N=Cc1cc(Cl)ccc1OCc1ccc(Cl)cc1. The van der Waals surface area contributed by atoms with Gasteiger partial charge in [-0.3, -0.25) is 4.79 Å². The van der Waals surface area contributed by atoms with E-state index in [9.17, 15) is 4.79 Å². The van der Waals surface area contributed by atoms with Crippen molar-refractivity contribution < 1.29 is 4.74 Å². The van der Waals surface area contributed by atoms with E-state index in [1.807, 2.05) is 36.4 Å². The van der Waals surface area contributed by atoms with E-state index in [0.717, 1.165) is 22.9 Å². The second-order valence-corrected chi connectivity index (χ2v) is 9.54. The summed E-state index contributed by atoms with van der Waals surface area (Å²) in [5.41, 5.74) is 2.06. The van der Waals surface area contributed by atoms with Gasteiger partial charge in [0.25, 0.3) is 5.56 Å². The molecule has 174 valence electrons. The maximum Gasteiger partial charge on any atom is 0.282 e. The second kappa shape index (κ2) is 11.2. The standard InChI is InChI=1S/C26H22BrCl2N3O2/c1-2-3-4-25-31-23-11-7-19(27)14-22(23)26(33)32(25)30-15-18-13-21(29)10-12-24(18)34-16-17-5-8-20(28)9-6-17/h5-15H,2-4,16H2,1H3. The summed E-state index contributed by atoms with van der Waals surface area (Å²) in [4.78, 5) is 18.0. The highest BCUT2D eigenvalue weighted by Crippen LogP contribution is 2.23. The molecule has 1 heterocycles. The van der Waals surface area contributed by atoms with Gasteiger partial charge in [0.15, 0.2) is 0 Å². The summed E-state index contributed by atoms with van der Waals surface area (Å²) in [6.07, 6.45) is 4.11. The lowest BCUT2D eigenvalue weighted by molar-refractivity contribution is 0.306. The topological polar surface area (TPSA) is 56.5 Å². The number of hydrogen-bond donors (Lipinski definition) is 0. The van der Waals surface area contributed by atoms with Crippen LogP contribution in [-0.4, -0.2) is 15.9 Å². The molecule has 3 aromatic carbocycles. The predicted molar refractivity (Wildman–Crippen MR) is 143 cm³/mol. The highest BCUT2D eigenvalue weighted by Gasteiger charge is 2.12. The summed E-state index contributed by atoms with van der Waals surface area (Å²) in [7, 11) is 0. The molecule has 0 bridgehead atoms. The monoisotopic (exact) mass is 557 g/mol. The molecule has 0 aliphatic rings. The van der Waals surface area contributed by atoms with E-state index < -0.39 is 0 Å². The number of aromatic nitrogens is 2. The fourth-order valence-corrected chi connectivity index (χ4v) is 4.09. The van der Waals surface area contributed by atoms with E-state index >= 15 is 0 Å². The molecule has 0 N–H and O–H groups in total. The Morgan fingerprint density at radius 2 is 1.82 bits per heavy atom. The molecule has 0 radical (unpaired) electrons. The second-order valence-electron chi connectivity index (χ2n) is 7.75. The zero-order valence-corrected chi connectivity index (χ0v) is 21.6. The lowest BCUT2D eigenvalue weighted by atomic mass is 10.2. The van der Waals surface area contributed by atoms with E-state index in [1.54, 1.807) is 30.5 Å². The Bertz CT molecular complexity index is 1400. The normalized spacial score (nSPS) is 11.4. The van der Waals surface area contributed by atoms with Gasteiger partial charge in [-0.25, -0.2) is 4.98 Å². The van der Waals surface area contributed by atoms with Crippen molar-refractivity contribution in [3.63, 3.8) is 0 Å². The third kappa shape index (κ3) is 5.87. The van der Waals surface area contributed by atoms with Crippen molar-refractivity contribution in [2.45, 2.75) is 32.8 Å². The number of rotatable bonds is 8. The summed E-state index contributed by atoms with van der Waals surface area (Å²) in [5, 5.41) is 6.23. The van der Waals surface area contributed by atoms with Crippen molar-refractivity contribution in [2.75, 3.05) is 0 Å². The molecule has 0 aliphatic heterocycles. The minimum Gasteiger partial charge on any atom is -0.488 e. The smallest absolute Gasteiger partial charge is 0.282 e. The largest absolute Gasteiger partial charge is 0.488 e. The number of hydrogen-bond acceptors (Lipinski definition) is 4. The molecule has 5 nitrogen and oxygen atoms in total. The van der Waals surface area contributed by atoms with Gasteiger partial charge < -0.3 is 4.74 Å². The first kappa shape index (κ1) is 24.5. The van der Waals surface area contributed by atoms with Crippen molar-refractivity contribution >= 4 is 56.2 Å². The van der Waals surface area contributed by atoms with Crippen LogP contribution in [0, 0.1) is 0 Å². The maximum absolute atomic E-state index is 13.3. The summed E-state index contributed by atoms with van der Waals surface area (Å²) in [5.74, 6) is 1.21. The Morgan fingerprint density at radius 3 is 2.59 bits per heavy atom. The molecule has 1 aromatic heterocycles. The van der Waals surface area contributed by atoms with Gasteiger partial charge in [0.1, 0.15) is 18.2 Å². The molecule has 4 aromatic rings. The Morgan fingerprint density at radius 1 is 1.06 bits per heavy atom. The van der Waals surface area contributed by atoms with Crippen LogP contribution in [-0.2, 0) is 13.0 Å². The summed E-state index contributed by atoms with van der Waals surface area (Å²) >= 11 is 15.6. The van der Waals surface area contributed by atoms with Gasteiger partial charge in [0, 0.05) is 26.5 Å². The quantitative estimate of drug-likeness (QED) is 0.214. The van der Waals surface area contributed by atoms with Crippen molar-refractivity contribution in [3.8, 4) is 5.75 Å². The lowest BCUT2D eigenvalue weighted by Gasteiger charge is -2.11. The van der Waals surface area contributed by atoms with Crippen molar-refractivity contribution in [2.24, 2.45) is 5.10 Å². The Balaban J connectivity index is 1.70. The van der Waals surface area contributed by atoms with Crippen LogP contribution in [0.2, 0.25) is 10.0 Å². The summed E-state index contributed by atoms with van der Waals surface area (Å²) < 4.78 is 8.19. The van der Waals surface area contributed by atoms with Gasteiger partial charge >= 0.3 is 0 Å². The minimum atomic E-state index is -0.223. The van der Waals surface area contributed by atoms with Gasteiger partial charge in [-0.15, -0.1) is 0 Å². The van der Waals surface area contributed by atoms with Crippen LogP contribution in [0.4, 0.5) is 0 Å². The number of ether oxygens (including phenoxy) is 1. The first-order valence-corrected chi connectivity index (χ1v) is 12.4. The highest BCUT2D eigenvalue weighted by atomic mass is 79.9. The first-order chi connectivity index (χ1) is 16.4. The average molecular weight is 559 g/mol. The van der Waals surface area contributed by atoms with Crippen molar-refractivity contribution in [3.05, 3.63) is 102 Å². The fourth-order valence-electron chi connectivity index (χ4n) is 3.42. The van der Waals surface area contributed by atoms with Crippen LogP contribution in [0.15, 0.2) is 75.0 Å². The molecule has 0 atom stereocenters. The zero-order chi connectivity index (χ0) is 24.1.